The van der Waals surface area contributed by atoms with E-state index in [0.717, 1.165) is 49.1 Å². The van der Waals surface area contributed by atoms with Gasteiger partial charge in [0.1, 0.15) is 48.3 Å². The van der Waals surface area contributed by atoms with E-state index in [4.69, 9.17) is 11.6 Å². The van der Waals surface area contributed by atoms with Gasteiger partial charge in [0, 0.05) is 81.4 Å². The third-order valence-corrected chi connectivity index (χ3v) is 20.7. The van der Waals surface area contributed by atoms with Gasteiger partial charge in [-0.05, 0) is 112 Å². The Kier molecular flexibility index (Phi) is 29.0. The molecule has 4 aliphatic heterocycles. The molecule has 97 heavy (non-hydrogen) atoms. The number of hydrogen-bond acceptors (Lipinski definition) is 12. The number of aryl methyl sites for hydroxylation is 1. The summed E-state index contributed by atoms with van der Waals surface area (Å²) in [7, 11) is 8.64. The number of fused-ring (bicyclic) bond motifs is 2. The number of benzene rings is 1. The molecule has 5 fully saturated rings. The highest BCUT2D eigenvalue weighted by atomic mass is 35.5. The fourth-order valence-corrected chi connectivity index (χ4v) is 14.4. The SMILES string of the molecule is CC[C@H](C)[C@@H]1NC(=O)[C@H](CC(C)C)N(C)C(=O)C[C@@H](C(=O)N2CCCC2)N(C)C(=O)[C@H](C(C)C)N(C)C(=O)CCCCNC(=O)[C@@H]2CCCN2C(=O)[C@H](CCc2ccc(C(F)(F)F)c(Cl)c2)NC(=O)CN(C)C(=O)[C@H](CC2CCCCC2)N(C)C(=O)[C@@H]2CCN2C(=O)CN(C)C1=O. The largest absolute Gasteiger partial charge is 0.417 e. The summed E-state index contributed by atoms with van der Waals surface area (Å²) in [5.41, 5.74) is -0.729. The van der Waals surface area contributed by atoms with Gasteiger partial charge >= 0.3 is 6.18 Å². The van der Waals surface area contributed by atoms with Gasteiger partial charge in [0.2, 0.25) is 70.9 Å². The van der Waals surface area contributed by atoms with Crippen molar-refractivity contribution in [1.82, 2.24) is 60.0 Å². The number of alkyl halides is 3. The van der Waals surface area contributed by atoms with Crippen LogP contribution in [-0.2, 0) is 70.1 Å². The van der Waals surface area contributed by atoms with E-state index in [9.17, 15) is 70.7 Å². The lowest BCUT2D eigenvalue weighted by Gasteiger charge is -2.44. The molecule has 24 nitrogen and oxygen atoms in total. The van der Waals surface area contributed by atoms with E-state index >= 15 is 0 Å². The van der Waals surface area contributed by atoms with Crippen LogP contribution < -0.4 is 16.0 Å². The van der Waals surface area contributed by atoms with Crippen LogP contribution in [0.1, 0.15) is 168 Å². The first-order valence-electron chi connectivity index (χ1n) is 34.8. The number of carbonyl (C=O) groups is 12. The number of halogens is 4. The van der Waals surface area contributed by atoms with Gasteiger partial charge in [-0.2, -0.15) is 13.2 Å². The van der Waals surface area contributed by atoms with Crippen LogP contribution in [0.15, 0.2) is 18.2 Å². The van der Waals surface area contributed by atoms with Crippen LogP contribution in [0.3, 0.4) is 0 Å². The zero-order valence-corrected chi connectivity index (χ0v) is 59.7. The molecule has 0 spiro atoms. The number of likely N-dealkylation sites (N-methyl/N-ethyl adjacent to an activating group) is 6. The van der Waals surface area contributed by atoms with Crippen LogP contribution in [0, 0.1) is 23.7 Å². The first-order chi connectivity index (χ1) is 45.7. The molecule has 5 aliphatic rings. The summed E-state index contributed by atoms with van der Waals surface area (Å²) in [4.78, 5) is 186. The van der Waals surface area contributed by atoms with Crippen molar-refractivity contribution in [3.8, 4) is 0 Å². The predicted molar refractivity (Wildman–Crippen MR) is 357 cm³/mol. The topological polar surface area (TPSA) is 270 Å². The van der Waals surface area contributed by atoms with Gasteiger partial charge in [0.15, 0.2) is 0 Å². The van der Waals surface area contributed by atoms with Crippen molar-refractivity contribution in [2.24, 2.45) is 23.7 Å². The number of nitrogens with one attached hydrogen (secondary N) is 3. The zero-order valence-electron chi connectivity index (χ0n) is 59.0. The Labute approximate surface area is 575 Å². The van der Waals surface area contributed by atoms with Gasteiger partial charge in [-0.3, -0.25) is 57.5 Å². The Morgan fingerprint density at radius 3 is 1.88 bits per heavy atom. The first-order valence-corrected chi connectivity index (χ1v) is 35.2. The Morgan fingerprint density at radius 1 is 0.619 bits per heavy atom. The monoisotopic (exact) mass is 1390 g/mol. The van der Waals surface area contributed by atoms with Gasteiger partial charge in [0.05, 0.1) is 30.1 Å². The maximum absolute atomic E-state index is 14.8. The van der Waals surface area contributed by atoms with Crippen LogP contribution in [0.5, 0.6) is 0 Å². The molecule has 0 unspecified atom stereocenters. The van der Waals surface area contributed by atoms with Crippen LogP contribution in [0.4, 0.5) is 13.2 Å². The van der Waals surface area contributed by atoms with Crippen molar-refractivity contribution < 1.29 is 70.7 Å². The van der Waals surface area contributed by atoms with E-state index in [1.165, 1.54) is 82.7 Å². The molecular formula is C69H106ClF3N12O12. The van der Waals surface area contributed by atoms with Crippen molar-refractivity contribution in [3.63, 3.8) is 0 Å². The standard InChI is InChI=1S/C69H106ClF3N12O12/c1-13-44(6)59-67(96)78(8)41-58(89)84-35-30-51(84)65(94)80(10)53(38-45-22-15-14-16-23-45)64(93)77(7)40-55(86)75-49(29-27-46-26-28-47(48(70)37-46)69(71,72)73)63(92)85-34-21-24-50(85)61(90)74-31-18-17-25-56(87)82(12)60(43(4)5)68(97)81(11)54(66(95)83-32-19-20-33-83)39-57(88)79(9)52(36-42(2)3)62(91)76-59/h26,28,37,42-45,49-54,59-60H,13-25,27,29-36,38-41H2,1-12H3,(H,74,90)(H,75,86)(H,76,91)/t44-,49-,50-,51-,52-,53-,54-,59-,60-/m0/s1. The number of likely N-dealkylation sites (tertiary alicyclic amines) is 1. The lowest BCUT2D eigenvalue weighted by molar-refractivity contribution is -0.158. The van der Waals surface area contributed by atoms with Gasteiger partial charge in [-0.15, -0.1) is 0 Å². The molecule has 0 aromatic heterocycles. The normalized spacial score (nSPS) is 26.5. The molecule has 1 aliphatic carbocycles. The summed E-state index contributed by atoms with van der Waals surface area (Å²) in [6.45, 7) is 11.0. The molecule has 4 heterocycles. The molecule has 542 valence electrons. The fourth-order valence-electron chi connectivity index (χ4n) is 14.1. The molecule has 0 radical (unpaired) electrons. The third-order valence-electron chi connectivity index (χ3n) is 20.4. The van der Waals surface area contributed by atoms with Crippen molar-refractivity contribution in [2.75, 3.05) is 88.1 Å². The Bertz CT molecular complexity index is 3000. The van der Waals surface area contributed by atoms with Crippen LogP contribution in [0.2, 0.25) is 5.02 Å². The average molecular weight is 1390 g/mol. The number of hydrogen-bond donors (Lipinski definition) is 3. The number of amides is 12. The second kappa shape index (κ2) is 35.6. The highest BCUT2D eigenvalue weighted by Gasteiger charge is 2.46. The van der Waals surface area contributed by atoms with Gasteiger partial charge in [-0.25, -0.2) is 0 Å². The van der Waals surface area contributed by atoms with Gasteiger partial charge in [0.25, 0.3) is 0 Å². The molecule has 0 bridgehead atoms. The minimum Gasteiger partial charge on any atom is -0.354 e. The van der Waals surface area contributed by atoms with Crippen molar-refractivity contribution in [1.29, 1.82) is 0 Å². The number of carbonyl (C=O) groups excluding carboxylic acids is 12. The summed E-state index contributed by atoms with van der Waals surface area (Å²) in [6.07, 6.45) is 2.64. The highest BCUT2D eigenvalue weighted by Crippen LogP contribution is 2.36. The first kappa shape index (κ1) is 78.9. The Hall–Kier alpha value is -7.06. The lowest BCUT2D eigenvalue weighted by atomic mass is 9.84. The number of rotatable bonds is 11. The second-order valence-corrected chi connectivity index (χ2v) is 28.7. The molecule has 9 atom stereocenters. The van der Waals surface area contributed by atoms with Crippen molar-refractivity contribution in [2.45, 2.75) is 218 Å². The summed E-state index contributed by atoms with van der Waals surface area (Å²) in [6, 6.07) is -6.02. The van der Waals surface area contributed by atoms with Crippen LogP contribution in [0.25, 0.3) is 0 Å². The predicted octanol–water partition coefficient (Wildman–Crippen LogP) is 5.11. The van der Waals surface area contributed by atoms with Crippen LogP contribution in [-0.4, -0.2) is 251 Å². The van der Waals surface area contributed by atoms with E-state index < -0.39 is 167 Å². The van der Waals surface area contributed by atoms with E-state index in [2.05, 4.69) is 16.0 Å². The quantitative estimate of drug-likeness (QED) is 0.261. The molecule has 28 heteroatoms. The van der Waals surface area contributed by atoms with E-state index in [0.29, 0.717) is 50.8 Å². The molecular weight excluding hydrogens is 1280 g/mol. The zero-order chi connectivity index (χ0) is 71.9. The third kappa shape index (κ3) is 20.5. The Balaban J connectivity index is 1.33. The molecule has 12 amide bonds. The summed E-state index contributed by atoms with van der Waals surface area (Å²) in [5, 5.41) is 7.97. The lowest BCUT2D eigenvalue weighted by Crippen LogP contribution is -2.63. The smallest absolute Gasteiger partial charge is 0.354 e. The van der Waals surface area contributed by atoms with Crippen molar-refractivity contribution in [3.05, 3.63) is 34.3 Å². The fraction of sp³-hybridized carbons (Fsp3) is 0.739. The maximum atomic E-state index is 14.8. The minimum atomic E-state index is -4.73. The maximum Gasteiger partial charge on any atom is 0.417 e. The number of nitrogens with zero attached hydrogens (tertiary/aromatic N) is 9. The summed E-state index contributed by atoms with van der Waals surface area (Å²) >= 11 is 6.10. The average Bonchev–Trinajstić information content (AvgIpc) is 1.30. The van der Waals surface area contributed by atoms with Gasteiger partial charge < -0.3 is 60.0 Å². The van der Waals surface area contributed by atoms with E-state index in [1.54, 1.807) is 25.7 Å². The summed E-state index contributed by atoms with van der Waals surface area (Å²) < 4.78 is 41.2. The molecule has 1 aromatic carbocycles. The Morgan fingerprint density at radius 2 is 1.28 bits per heavy atom. The molecule has 3 N–H and O–H groups in total. The second-order valence-electron chi connectivity index (χ2n) is 28.3. The molecule has 1 aromatic rings. The van der Waals surface area contributed by atoms with E-state index in [-0.39, 0.29) is 82.8 Å². The van der Waals surface area contributed by atoms with Crippen LogP contribution >= 0.6 is 11.6 Å². The molecule has 6 rings (SSSR count). The highest BCUT2D eigenvalue weighted by molar-refractivity contribution is 6.31. The molecule has 1 saturated carbocycles. The summed E-state index contributed by atoms with van der Waals surface area (Å²) in [5.74, 6) is -8.05. The van der Waals surface area contributed by atoms with E-state index in [1.807, 2.05) is 20.8 Å². The van der Waals surface area contributed by atoms with Crippen molar-refractivity contribution >= 4 is 82.5 Å². The molecule has 4 saturated heterocycles. The van der Waals surface area contributed by atoms with Gasteiger partial charge in [-0.1, -0.05) is 97.7 Å². The minimum absolute atomic E-state index is 0.0378.